The lowest BCUT2D eigenvalue weighted by Crippen LogP contribution is -2.37. The van der Waals surface area contributed by atoms with Crippen LogP contribution in [0.25, 0.3) is 0 Å². The number of hydrogen-bond donors (Lipinski definition) is 0. The van der Waals surface area contributed by atoms with E-state index in [1.807, 2.05) is 21.1 Å². The van der Waals surface area contributed by atoms with E-state index in [2.05, 4.69) is 50.3 Å². The fraction of sp³-hybridized carbons (Fsp3) is 0.889. The van der Waals surface area contributed by atoms with Crippen LogP contribution in [0.2, 0.25) is 0 Å². The number of carbonyl (C=O) groups excluding carboxylic acids is 2. The van der Waals surface area contributed by atoms with Crippen LogP contribution in [0.1, 0.15) is 361 Å². The maximum atomic E-state index is 12.8. The average molecular weight is 1180 g/mol. The van der Waals surface area contributed by atoms with Gasteiger partial charge in [-0.25, -0.2) is 0 Å². The Bertz CT molecular complexity index is 1480. The van der Waals surface area contributed by atoms with E-state index in [1.165, 1.54) is 270 Å². The number of phosphoric acid groups is 1. The minimum Gasteiger partial charge on any atom is -0.756 e. The molecule has 0 rings (SSSR count). The van der Waals surface area contributed by atoms with Crippen molar-refractivity contribution in [1.29, 1.82) is 0 Å². The summed E-state index contributed by atoms with van der Waals surface area (Å²) in [6, 6.07) is 0. The molecule has 0 aromatic rings. The number of allylic oxidation sites excluding steroid dienone is 6. The molecule has 9 nitrogen and oxygen atoms in total. The van der Waals surface area contributed by atoms with Gasteiger partial charge in [-0.3, -0.25) is 14.2 Å². The zero-order valence-corrected chi connectivity index (χ0v) is 56.1. The minimum absolute atomic E-state index is 0.0309. The Morgan fingerprint density at radius 2 is 0.659 bits per heavy atom. The molecule has 0 bridgehead atoms. The molecule has 0 saturated heterocycles. The second-order valence-electron chi connectivity index (χ2n) is 25.6. The molecule has 0 heterocycles. The third-order valence-electron chi connectivity index (χ3n) is 16.2. The molecule has 82 heavy (non-hydrogen) atoms. The molecule has 0 aliphatic rings. The molecular formula is C72H138NO8P. The lowest BCUT2D eigenvalue weighted by molar-refractivity contribution is -0.870. The lowest BCUT2D eigenvalue weighted by Gasteiger charge is -2.28. The quantitative estimate of drug-likeness (QED) is 0.0195. The van der Waals surface area contributed by atoms with Crippen LogP contribution in [0, 0.1) is 0 Å². The van der Waals surface area contributed by atoms with Gasteiger partial charge in [0, 0.05) is 12.8 Å². The normalized spacial score (nSPS) is 13.3. The molecule has 0 aromatic carbocycles. The van der Waals surface area contributed by atoms with Crippen LogP contribution in [-0.2, 0) is 32.7 Å². The number of phosphoric ester groups is 1. The highest BCUT2D eigenvalue weighted by Crippen LogP contribution is 2.38. The molecule has 2 unspecified atom stereocenters. The fourth-order valence-corrected chi connectivity index (χ4v) is 11.4. The van der Waals surface area contributed by atoms with Crippen LogP contribution < -0.4 is 4.89 Å². The van der Waals surface area contributed by atoms with Crippen LogP contribution in [-0.4, -0.2) is 70.0 Å². The van der Waals surface area contributed by atoms with Gasteiger partial charge in [-0.15, -0.1) is 0 Å². The summed E-state index contributed by atoms with van der Waals surface area (Å²) in [5.41, 5.74) is 0. The van der Waals surface area contributed by atoms with Crippen molar-refractivity contribution in [2.24, 2.45) is 0 Å². The van der Waals surface area contributed by atoms with Gasteiger partial charge in [-0.2, -0.15) is 0 Å². The molecule has 0 N–H and O–H groups in total. The summed E-state index contributed by atoms with van der Waals surface area (Å²) < 4.78 is 34.3. The van der Waals surface area contributed by atoms with Crippen molar-refractivity contribution >= 4 is 19.8 Å². The number of rotatable bonds is 67. The van der Waals surface area contributed by atoms with Crippen molar-refractivity contribution in [3.05, 3.63) is 36.5 Å². The SMILES string of the molecule is CCCCCCC/C=C\C/C=C\C/C=C\CCCCCCCCCCC(=O)OC(COC(=O)CCCCCCCCCCCCCCCCCCCCCCCCCCCCCCCCCCCCC)COP(=O)([O-])OCC[N+](C)(C)C. The van der Waals surface area contributed by atoms with E-state index in [1.54, 1.807) is 0 Å². The van der Waals surface area contributed by atoms with Crippen molar-refractivity contribution in [2.45, 2.75) is 367 Å². The van der Waals surface area contributed by atoms with Gasteiger partial charge in [-0.1, -0.05) is 333 Å². The highest BCUT2D eigenvalue weighted by Gasteiger charge is 2.22. The Balaban J connectivity index is 3.96. The predicted octanol–water partition coefficient (Wildman–Crippen LogP) is 22.4. The first kappa shape index (κ1) is 80.2. The van der Waals surface area contributed by atoms with Crippen molar-refractivity contribution in [2.75, 3.05) is 47.5 Å². The number of ether oxygens (including phenoxy) is 2. The van der Waals surface area contributed by atoms with Crippen LogP contribution in [0.15, 0.2) is 36.5 Å². The van der Waals surface area contributed by atoms with Crippen molar-refractivity contribution in [3.8, 4) is 0 Å². The topological polar surface area (TPSA) is 111 Å². The smallest absolute Gasteiger partial charge is 0.306 e. The Kier molecular flexibility index (Phi) is 62.3. The van der Waals surface area contributed by atoms with Gasteiger partial charge in [0.1, 0.15) is 19.8 Å². The molecule has 0 amide bonds. The molecular weight excluding hydrogens is 1040 g/mol. The number of unbranched alkanes of at least 4 members (excludes halogenated alkanes) is 47. The van der Waals surface area contributed by atoms with E-state index in [0.717, 1.165) is 57.8 Å². The van der Waals surface area contributed by atoms with Crippen LogP contribution in [0.5, 0.6) is 0 Å². The van der Waals surface area contributed by atoms with Crippen LogP contribution in [0.4, 0.5) is 0 Å². The van der Waals surface area contributed by atoms with Gasteiger partial charge in [-0.05, 0) is 51.4 Å². The van der Waals surface area contributed by atoms with Gasteiger partial charge < -0.3 is 27.9 Å². The summed E-state index contributed by atoms with van der Waals surface area (Å²) in [6.45, 7) is 4.28. The number of likely N-dealkylation sites (N-methyl/N-ethyl adjacent to an activating group) is 1. The highest BCUT2D eigenvalue weighted by atomic mass is 31.2. The zero-order chi connectivity index (χ0) is 59.8. The summed E-state index contributed by atoms with van der Waals surface area (Å²) in [5, 5.41) is 0. The van der Waals surface area contributed by atoms with Crippen LogP contribution >= 0.6 is 7.82 Å². The standard InChI is InChI=1S/C72H138NO8P/c1-6-8-10-12-14-16-18-20-22-24-26-28-30-31-32-33-34-35-36-37-38-39-40-41-43-44-46-48-50-52-54-56-58-60-62-64-71(74)78-68-70(69-80-82(76,77)79-67-66-73(3,4)5)81-72(75)65-63-61-59-57-55-53-51-49-47-45-42-29-27-25-23-21-19-17-15-13-11-9-7-2/h19,21,25,27,42,45,70H,6-18,20,22-24,26,28-41,43-44,46-69H2,1-5H3/b21-19-,27-25-,45-42-. The molecule has 0 fully saturated rings. The molecule has 0 aliphatic heterocycles. The van der Waals surface area contributed by atoms with E-state index in [9.17, 15) is 19.0 Å². The van der Waals surface area contributed by atoms with Gasteiger partial charge in [0.15, 0.2) is 6.10 Å². The maximum absolute atomic E-state index is 12.8. The summed E-state index contributed by atoms with van der Waals surface area (Å²) in [6.07, 6.45) is 81.0. The first-order valence-corrected chi connectivity index (χ1v) is 37.2. The Morgan fingerprint density at radius 3 is 0.976 bits per heavy atom. The van der Waals surface area contributed by atoms with Gasteiger partial charge in [0.05, 0.1) is 27.7 Å². The van der Waals surface area contributed by atoms with E-state index in [0.29, 0.717) is 17.4 Å². The maximum Gasteiger partial charge on any atom is 0.306 e. The number of nitrogens with zero attached hydrogens (tertiary/aromatic N) is 1. The second kappa shape index (κ2) is 63.7. The first-order valence-electron chi connectivity index (χ1n) is 35.7. The van der Waals surface area contributed by atoms with E-state index in [4.69, 9.17) is 18.5 Å². The molecule has 484 valence electrons. The monoisotopic (exact) mass is 1180 g/mol. The predicted molar refractivity (Wildman–Crippen MR) is 351 cm³/mol. The number of carbonyl (C=O) groups is 2. The third-order valence-corrected chi connectivity index (χ3v) is 17.1. The largest absolute Gasteiger partial charge is 0.756 e. The van der Waals surface area contributed by atoms with Gasteiger partial charge in [0.2, 0.25) is 0 Å². The molecule has 0 saturated carbocycles. The van der Waals surface area contributed by atoms with E-state index < -0.39 is 26.5 Å². The zero-order valence-electron chi connectivity index (χ0n) is 55.2. The second-order valence-corrected chi connectivity index (χ2v) is 27.0. The Hall–Kier alpha value is -1.77. The fourth-order valence-electron chi connectivity index (χ4n) is 10.7. The average Bonchev–Trinajstić information content (AvgIpc) is 3.46. The molecule has 0 spiro atoms. The summed E-state index contributed by atoms with van der Waals surface area (Å²) in [7, 11) is 1.18. The molecule has 0 radical (unpaired) electrons. The Morgan fingerprint density at radius 1 is 0.378 bits per heavy atom. The summed E-state index contributed by atoms with van der Waals surface area (Å²) in [4.78, 5) is 38.0. The molecule has 10 heteroatoms. The van der Waals surface area contributed by atoms with E-state index >= 15 is 0 Å². The first-order chi connectivity index (χ1) is 40.0. The molecule has 2 atom stereocenters. The number of quaternary nitrogens is 1. The van der Waals surface area contributed by atoms with Crippen molar-refractivity contribution < 1.29 is 42.1 Å². The van der Waals surface area contributed by atoms with Gasteiger partial charge in [0.25, 0.3) is 7.82 Å². The third kappa shape index (κ3) is 67.4. The van der Waals surface area contributed by atoms with Crippen molar-refractivity contribution in [3.63, 3.8) is 0 Å². The number of esters is 2. The van der Waals surface area contributed by atoms with E-state index in [-0.39, 0.29) is 32.0 Å². The molecule has 0 aromatic heterocycles. The summed E-state index contributed by atoms with van der Waals surface area (Å²) >= 11 is 0. The summed E-state index contributed by atoms with van der Waals surface area (Å²) in [5.74, 6) is -0.824. The lowest BCUT2D eigenvalue weighted by atomic mass is 10.0. The number of hydrogen-bond acceptors (Lipinski definition) is 8. The molecule has 0 aliphatic carbocycles. The van der Waals surface area contributed by atoms with Gasteiger partial charge >= 0.3 is 11.9 Å². The Labute approximate surface area is 510 Å². The highest BCUT2D eigenvalue weighted by molar-refractivity contribution is 7.45. The van der Waals surface area contributed by atoms with Crippen molar-refractivity contribution in [1.82, 2.24) is 0 Å². The minimum atomic E-state index is -4.64. The van der Waals surface area contributed by atoms with Crippen LogP contribution in [0.3, 0.4) is 0 Å².